The van der Waals surface area contributed by atoms with E-state index in [1.54, 1.807) is 6.07 Å². The van der Waals surface area contributed by atoms with Gasteiger partial charge >= 0.3 is 0 Å². The maximum atomic E-state index is 12.2. The molecule has 0 saturated carbocycles. The van der Waals surface area contributed by atoms with Crippen LogP contribution in [0, 0.1) is 0 Å². The molecule has 0 aliphatic heterocycles. The van der Waals surface area contributed by atoms with Crippen LogP contribution in [0.2, 0.25) is 0 Å². The van der Waals surface area contributed by atoms with Gasteiger partial charge in [-0.2, -0.15) is 0 Å². The summed E-state index contributed by atoms with van der Waals surface area (Å²) in [5.74, 6) is 0.577. The van der Waals surface area contributed by atoms with Gasteiger partial charge in [-0.1, -0.05) is 39.3 Å². The van der Waals surface area contributed by atoms with Crippen LogP contribution >= 0.6 is 0 Å². The molecule has 1 aromatic heterocycles. The maximum Gasteiger partial charge on any atom is 0.273 e. The number of hydrogen-bond acceptors (Lipinski definition) is 4. The number of nitrogens with one attached hydrogen (secondary N) is 1. The molecule has 1 heterocycles. The van der Waals surface area contributed by atoms with Crippen molar-refractivity contribution in [3.05, 3.63) is 17.5 Å². The van der Waals surface area contributed by atoms with E-state index in [-0.39, 0.29) is 11.4 Å². The van der Waals surface area contributed by atoms with Gasteiger partial charge in [0.05, 0.1) is 0 Å². The fraction of sp³-hybridized carbons (Fsp3) is 0.750. The van der Waals surface area contributed by atoms with Crippen molar-refractivity contribution in [3.63, 3.8) is 0 Å². The molecule has 0 aliphatic carbocycles. The van der Waals surface area contributed by atoms with E-state index in [2.05, 4.69) is 43.1 Å². The number of aromatic nitrogens is 1. The molecule has 120 valence electrons. The van der Waals surface area contributed by atoms with Crippen molar-refractivity contribution in [1.82, 2.24) is 15.4 Å². The van der Waals surface area contributed by atoms with E-state index in [0.29, 0.717) is 12.2 Å². The van der Waals surface area contributed by atoms with Gasteiger partial charge in [-0.15, -0.1) is 0 Å². The van der Waals surface area contributed by atoms with Gasteiger partial charge in [0.25, 0.3) is 5.91 Å². The van der Waals surface area contributed by atoms with Gasteiger partial charge in [-0.05, 0) is 26.4 Å². The minimum absolute atomic E-state index is 0.0226. The Morgan fingerprint density at radius 3 is 2.48 bits per heavy atom. The van der Waals surface area contributed by atoms with Crippen LogP contribution < -0.4 is 5.32 Å². The lowest BCUT2D eigenvalue weighted by Gasteiger charge is -2.40. The molecule has 1 amide bonds. The molecular weight excluding hydrogens is 266 g/mol. The highest BCUT2D eigenvalue weighted by Gasteiger charge is 2.29. The summed E-state index contributed by atoms with van der Waals surface area (Å²) in [6.07, 6.45) is 2.88. The highest BCUT2D eigenvalue weighted by atomic mass is 16.5. The molecule has 1 rings (SSSR count). The average Bonchev–Trinajstić information content (AvgIpc) is 2.95. The smallest absolute Gasteiger partial charge is 0.273 e. The van der Waals surface area contributed by atoms with Crippen LogP contribution in [-0.4, -0.2) is 41.1 Å². The van der Waals surface area contributed by atoms with Gasteiger partial charge < -0.3 is 9.84 Å². The number of amides is 1. The van der Waals surface area contributed by atoms with E-state index < -0.39 is 0 Å². The number of likely N-dealkylation sites (N-methyl/N-ethyl adjacent to an activating group) is 1. The van der Waals surface area contributed by atoms with Crippen molar-refractivity contribution < 1.29 is 9.32 Å². The van der Waals surface area contributed by atoms with Crippen LogP contribution in [0.3, 0.4) is 0 Å². The van der Waals surface area contributed by atoms with Gasteiger partial charge in [0.15, 0.2) is 5.69 Å². The van der Waals surface area contributed by atoms with E-state index >= 15 is 0 Å². The molecule has 0 aromatic carbocycles. The summed E-state index contributed by atoms with van der Waals surface area (Å²) in [6.45, 7) is 13.3. The van der Waals surface area contributed by atoms with Crippen molar-refractivity contribution in [1.29, 1.82) is 0 Å². The van der Waals surface area contributed by atoms with E-state index in [1.807, 2.05) is 6.92 Å². The Bertz CT molecular complexity index is 440. The van der Waals surface area contributed by atoms with Crippen molar-refractivity contribution in [3.8, 4) is 0 Å². The van der Waals surface area contributed by atoms with Crippen molar-refractivity contribution in [2.24, 2.45) is 0 Å². The molecule has 0 spiro atoms. The van der Waals surface area contributed by atoms with Crippen molar-refractivity contribution >= 4 is 5.91 Å². The largest absolute Gasteiger partial charge is 0.361 e. The zero-order valence-electron chi connectivity index (χ0n) is 14.0. The second-order valence-corrected chi connectivity index (χ2v) is 5.63. The molecule has 1 unspecified atom stereocenters. The third-order valence-electron chi connectivity index (χ3n) is 4.09. The highest BCUT2D eigenvalue weighted by molar-refractivity contribution is 5.92. The zero-order chi connectivity index (χ0) is 15.9. The SMILES string of the molecule is CCCC(C)(CNC(=O)c1cc(CC)on1)N(CC)CC. The lowest BCUT2D eigenvalue weighted by atomic mass is 9.93. The third-order valence-corrected chi connectivity index (χ3v) is 4.09. The summed E-state index contributed by atoms with van der Waals surface area (Å²) in [5.41, 5.74) is 0.343. The molecule has 1 aromatic rings. The topological polar surface area (TPSA) is 58.4 Å². The normalized spacial score (nSPS) is 14.2. The van der Waals surface area contributed by atoms with Crippen LogP contribution in [0.4, 0.5) is 0 Å². The van der Waals surface area contributed by atoms with Gasteiger partial charge in [-0.25, -0.2) is 0 Å². The first-order valence-corrected chi connectivity index (χ1v) is 7.99. The van der Waals surface area contributed by atoms with Crippen molar-refractivity contribution in [2.45, 2.75) is 59.4 Å². The Kier molecular flexibility index (Phi) is 6.89. The molecule has 0 aliphatic rings. The summed E-state index contributed by atoms with van der Waals surface area (Å²) in [4.78, 5) is 14.6. The summed E-state index contributed by atoms with van der Waals surface area (Å²) < 4.78 is 5.08. The van der Waals surface area contributed by atoms with Gasteiger partial charge in [0, 0.05) is 24.6 Å². The molecule has 0 saturated heterocycles. The molecule has 5 nitrogen and oxygen atoms in total. The molecule has 0 radical (unpaired) electrons. The van der Waals surface area contributed by atoms with Crippen molar-refractivity contribution in [2.75, 3.05) is 19.6 Å². The van der Waals surface area contributed by atoms with E-state index in [0.717, 1.165) is 38.1 Å². The zero-order valence-corrected chi connectivity index (χ0v) is 14.0. The predicted octanol–water partition coefficient (Wildman–Crippen LogP) is 2.87. The first-order valence-electron chi connectivity index (χ1n) is 7.99. The predicted molar refractivity (Wildman–Crippen MR) is 84.4 cm³/mol. The van der Waals surface area contributed by atoms with Gasteiger partial charge in [0.1, 0.15) is 5.76 Å². The number of aryl methyl sites for hydroxylation is 1. The second-order valence-electron chi connectivity index (χ2n) is 5.63. The standard InChI is InChI=1S/C16H29N3O2/c1-6-10-16(5,19(8-3)9-4)12-17-15(20)14-11-13(7-2)21-18-14/h11H,6-10,12H2,1-5H3,(H,17,20). The van der Waals surface area contributed by atoms with Crippen LogP contribution in [0.15, 0.2) is 10.6 Å². The second kappa shape index (κ2) is 8.17. The van der Waals surface area contributed by atoms with Crippen LogP contribution in [-0.2, 0) is 6.42 Å². The highest BCUT2D eigenvalue weighted by Crippen LogP contribution is 2.20. The Morgan fingerprint density at radius 2 is 2.00 bits per heavy atom. The summed E-state index contributed by atoms with van der Waals surface area (Å²) >= 11 is 0. The maximum absolute atomic E-state index is 12.2. The summed E-state index contributed by atoms with van der Waals surface area (Å²) in [5, 5.41) is 6.83. The van der Waals surface area contributed by atoms with Gasteiger partial charge in [-0.3, -0.25) is 9.69 Å². The van der Waals surface area contributed by atoms with Crippen LogP contribution in [0.5, 0.6) is 0 Å². The minimum Gasteiger partial charge on any atom is -0.361 e. The summed E-state index contributed by atoms with van der Waals surface area (Å²) in [6, 6.07) is 1.71. The summed E-state index contributed by atoms with van der Waals surface area (Å²) in [7, 11) is 0. The van der Waals surface area contributed by atoms with Gasteiger partial charge in [0.2, 0.25) is 0 Å². The molecule has 0 bridgehead atoms. The first-order chi connectivity index (χ1) is 10.0. The molecule has 0 fully saturated rings. The Labute approximate surface area is 128 Å². The number of nitrogens with zero attached hydrogens (tertiary/aromatic N) is 2. The minimum atomic E-state index is -0.159. The number of hydrogen-bond donors (Lipinski definition) is 1. The Balaban J connectivity index is 2.70. The van der Waals surface area contributed by atoms with E-state index in [9.17, 15) is 4.79 Å². The molecule has 1 N–H and O–H groups in total. The first kappa shape index (κ1) is 17.7. The molecule has 5 heteroatoms. The third kappa shape index (κ3) is 4.56. The molecule has 21 heavy (non-hydrogen) atoms. The lowest BCUT2D eigenvalue weighted by Crippen LogP contribution is -2.53. The average molecular weight is 295 g/mol. The fourth-order valence-corrected chi connectivity index (χ4v) is 2.83. The van der Waals surface area contributed by atoms with Crippen LogP contribution in [0.1, 0.15) is 63.7 Å². The number of rotatable bonds is 9. The number of carbonyl (C=O) groups is 1. The molecule has 1 atom stereocenters. The number of carbonyl (C=O) groups excluding carboxylic acids is 1. The molecular formula is C16H29N3O2. The fourth-order valence-electron chi connectivity index (χ4n) is 2.83. The van der Waals surface area contributed by atoms with E-state index in [4.69, 9.17) is 4.52 Å². The lowest BCUT2D eigenvalue weighted by molar-refractivity contribution is 0.0817. The quantitative estimate of drug-likeness (QED) is 0.761. The van der Waals surface area contributed by atoms with Crippen LogP contribution in [0.25, 0.3) is 0 Å². The monoisotopic (exact) mass is 295 g/mol. The Morgan fingerprint density at radius 1 is 1.33 bits per heavy atom. The van der Waals surface area contributed by atoms with E-state index in [1.165, 1.54) is 0 Å². The Hall–Kier alpha value is -1.36.